The standard InChI is InChI=1S/C30H28F3N5O4/c1-17(3-7-26(34)35-2)4-8-27(39)37-14-21-10-20-9-19(11-24(28(20)42-21)30(31,32)33)25-6-5-18(13-36-25)29(40)38-15-22-12-23(16-38)41-22/h3-11,13,22-23H,2,12,14-16,34H2,1H3,(H,37,39)/b8-4+,17-3+,26-7-. The third kappa shape index (κ3) is 6.44. The number of fused-ring (bicyclic) bond motifs is 3. The number of ether oxygens (including phenoxy) is 1. The molecule has 0 spiro atoms. The van der Waals surface area contributed by atoms with Gasteiger partial charge in [0, 0.05) is 42.7 Å². The van der Waals surface area contributed by atoms with Crippen molar-refractivity contribution in [3.63, 3.8) is 0 Å². The lowest BCUT2D eigenvalue weighted by Crippen LogP contribution is -2.58. The fourth-order valence-corrected chi connectivity index (χ4v) is 4.81. The number of benzene rings is 1. The number of furan rings is 1. The smallest absolute Gasteiger partial charge is 0.420 e. The predicted molar refractivity (Wildman–Crippen MR) is 150 cm³/mol. The molecule has 0 radical (unpaired) electrons. The Kier molecular flexibility index (Phi) is 7.99. The van der Waals surface area contributed by atoms with Gasteiger partial charge in [-0.15, -0.1) is 0 Å². The van der Waals surface area contributed by atoms with Crippen molar-refractivity contribution in [2.75, 3.05) is 13.1 Å². The lowest BCUT2D eigenvalue weighted by Gasteiger charge is -2.46. The number of halogens is 3. The number of hydrogen-bond donors (Lipinski definition) is 2. The largest absolute Gasteiger partial charge is 0.459 e. The van der Waals surface area contributed by atoms with E-state index < -0.39 is 17.6 Å². The third-order valence-corrected chi connectivity index (χ3v) is 6.96. The molecule has 3 aliphatic heterocycles. The first-order valence-electron chi connectivity index (χ1n) is 13.1. The Hall–Kier alpha value is -4.71. The summed E-state index contributed by atoms with van der Waals surface area (Å²) in [4.78, 5) is 34.6. The number of alkyl halides is 3. The average Bonchev–Trinajstić information content (AvgIpc) is 3.39. The van der Waals surface area contributed by atoms with E-state index in [0.717, 1.165) is 12.5 Å². The molecule has 218 valence electrons. The summed E-state index contributed by atoms with van der Waals surface area (Å²) in [6, 6.07) is 7.03. The van der Waals surface area contributed by atoms with Gasteiger partial charge < -0.3 is 25.1 Å². The van der Waals surface area contributed by atoms with Crippen molar-refractivity contribution < 1.29 is 31.9 Å². The summed E-state index contributed by atoms with van der Waals surface area (Å²) in [5.41, 5.74) is 5.77. The lowest BCUT2D eigenvalue weighted by atomic mass is 9.98. The summed E-state index contributed by atoms with van der Waals surface area (Å²) in [7, 11) is 0. The van der Waals surface area contributed by atoms with Gasteiger partial charge in [0.25, 0.3) is 5.91 Å². The number of nitrogens with zero attached hydrogens (tertiary/aromatic N) is 3. The molecule has 12 heteroatoms. The molecule has 0 saturated carbocycles. The zero-order chi connectivity index (χ0) is 30.0. The Bertz CT molecular complexity index is 1610. The van der Waals surface area contributed by atoms with Gasteiger partial charge in [-0.05, 0) is 50.0 Å². The highest BCUT2D eigenvalue weighted by molar-refractivity contribution is 5.94. The molecule has 0 aliphatic carbocycles. The number of nitrogens with one attached hydrogen (secondary N) is 1. The molecule has 2 bridgehead atoms. The number of piperidine rings is 1. The molecule has 2 unspecified atom stereocenters. The summed E-state index contributed by atoms with van der Waals surface area (Å²) >= 11 is 0. The second kappa shape index (κ2) is 11.6. The van der Waals surface area contributed by atoms with Crippen molar-refractivity contribution in [3.05, 3.63) is 89.1 Å². The van der Waals surface area contributed by atoms with Crippen molar-refractivity contribution in [2.45, 2.75) is 38.3 Å². The van der Waals surface area contributed by atoms with E-state index in [1.807, 2.05) is 0 Å². The highest BCUT2D eigenvalue weighted by atomic mass is 19.4. The van der Waals surface area contributed by atoms with Crippen molar-refractivity contribution in [3.8, 4) is 11.3 Å². The van der Waals surface area contributed by atoms with Crippen LogP contribution in [0.15, 0.2) is 81.6 Å². The van der Waals surface area contributed by atoms with Crippen LogP contribution in [0.25, 0.3) is 22.2 Å². The molecule has 3 aromatic rings. The lowest BCUT2D eigenvalue weighted by molar-refractivity contribution is -0.171. The number of morpholine rings is 1. The monoisotopic (exact) mass is 579 g/mol. The molecule has 2 amide bonds. The molecule has 1 aromatic carbocycles. The van der Waals surface area contributed by atoms with Gasteiger partial charge in [0.2, 0.25) is 5.91 Å². The van der Waals surface area contributed by atoms with E-state index in [4.69, 9.17) is 14.9 Å². The summed E-state index contributed by atoms with van der Waals surface area (Å²) in [6.07, 6.45) is 3.75. The van der Waals surface area contributed by atoms with Gasteiger partial charge in [-0.2, -0.15) is 13.2 Å². The van der Waals surface area contributed by atoms with E-state index in [2.05, 4.69) is 22.0 Å². The van der Waals surface area contributed by atoms with Gasteiger partial charge in [0.05, 0.1) is 35.6 Å². The molecule has 2 aromatic heterocycles. The van der Waals surface area contributed by atoms with Crippen LogP contribution in [-0.4, -0.2) is 53.7 Å². The van der Waals surface area contributed by atoms with Crippen LogP contribution < -0.4 is 11.1 Å². The van der Waals surface area contributed by atoms with E-state index in [1.54, 1.807) is 30.0 Å². The van der Waals surface area contributed by atoms with E-state index in [1.165, 1.54) is 36.5 Å². The Labute approximate surface area is 239 Å². The van der Waals surface area contributed by atoms with Crippen LogP contribution in [0.1, 0.15) is 35.0 Å². The van der Waals surface area contributed by atoms with Gasteiger partial charge in [-0.1, -0.05) is 17.7 Å². The van der Waals surface area contributed by atoms with Crippen molar-refractivity contribution in [1.29, 1.82) is 0 Å². The van der Waals surface area contributed by atoms with Crippen LogP contribution >= 0.6 is 0 Å². The number of carbonyl (C=O) groups is 2. The minimum atomic E-state index is -4.70. The highest BCUT2D eigenvalue weighted by Gasteiger charge is 2.40. The molecule has 6 rings (SSSR count). The van der Waals surface area contributed by atoms with Crippen LogP contribution in [0, 0.1) is 0 Å². The minimum Gasteiger partial charge on any atom is -0.459 e. The Morgan fingerprint density at radius 1 is 1.19 bits per heavy atom. The summed E-state index contributed by atoms with van der Waals surface area (Å²) in [5, 5.41) is 2.79. The van der Waals surface area contributed by atoms with Crippen LogP contribution in [0.3, 0.4) is 0 Å². The van der Waals surface area contributed by atoms with Crippen LogP contribution in [0.4, 0.5) is 13.2 Å². The van der Waals surface area contributed by atoms with Crippen molar-refractivity contribution in [1.82, 2.24) is 15.2 Å². The van der Waals surface area contributed by atoms with Gasteiger partial charge in [-0.3, -0.25) is 14.6 Å². The van der Waals surface area contributed by atoms with E-state index in [0.29, 0.717) is 24.2 Å². The van der Waals surface area contributed by atoms with E-state index in [-0.39, 0.29) is 58.5 Å². The molecular formula is C30H28F3N5O4. The minimum absolute atomic E-state index is 0.0618. The van der Waals surface area contributed by atoms with Crippen molar-refractivity contribution in [2.24, 2.45) is 10.7 Å². The summed E-state index contributed by atoms with van der Waals surface area (Å²) in [5.74, 6) is -0.285. The van der Waals surface area contributed by atoms with Crippen LogP contribution in [0.2, 0.25) is 0 Å². The zero-order valence-corrected chi connectivity index (χ0v) is 22.6. The van der Waals surface area contributed by atoms with E-state index >= 15 is 0 Å². The van der Waals surface area contributed by atoms with Gasteiger partial charge in [-0.25, -0.2) is 4.99 Å². The first-order chi connectivity index (χ1) is 20.0. The number of allylic oxidation sites excluding steroid dienone is 4. The Morgan fingerprint density at radius 3 is 2.57 bits per heavy atom. The zero-order valence-electron chi connectivity index (χ0n) is 22.6. The quantitative estimate of drug-likeness (QED) is 0.226. The van der Waals surface area contributed by atoms with E-state index in [9.17, 15) is 22.8 Å². The number of hydrogen-bond acceptors (Lipinski definition) is 7. The first kappa shape index (κ1) is 28.8. The number of pyridine rings is 1. The number of aliphatic imine (C=N–C) groups is 1. The fourth-order valence-electron chi connectivity index (χ4n) is 4.81. The number of amides is 2. The number of rotatable bonds is 8. The maximum atomic E-state index is 14.0. The van der Waals surface area contributed by atoms with Gasteiger partial charge >= 0.3 is 6.18 Å². The van der Waals surface area contributed by atoms with Crippen LogP contribution in [-0.2, 0) is 22.3 Å². The molecule has 3 saturated heterocycles. The molecule has 5 heterocycles. The molecule has 9 nitrogen and oxygen atoms in total. The topological polar surface area (TPSA) is 123 Å². The average molecular weight is 580 g/mol. The third-order valence-electron chi connectivity index (χ3n) is 6.96. The number of aromatic nitrogens is 1. The second-order valence-corrected chi connectivity index (χ2v) is 10.1. The van der Waals surface area contributed by atoms with Crippen LogP contribution in [0.5, 0.6) is 0 Å². The molecule has 2 atom stereocenters. The number of nitrogens with two attached hydrogens (primary N) is 1. The molecule has 42 heavy (non-hydrogen) atoms. The van der Waals surface area contributed by atoms with Gasteiger partial charge in [0.15, 0.2) is 0 Å². The molecular weight excluding hydrogens is 551 g/mol. The Balaban J connectivity index is 1.32. The fraction of sp³-hybridized carbons (Fsp3) is 0.267. The SMILES string of the molecule is C=N\C(N)=C/C=C(C)/C=C/C(=O)NCc1cc2cc(-c3ccc(C(=O)N4CC5CC(C4)O5)cn3)cc(C(F)(F)F)c2o1. The first-order valence-corrected chi connectivity index (χ1v) is 13.1. The molecule has 3 fully saturated rings. The maximum Gasteiger partial charge on any atom is 0.420 e. The van der Waals surface area contributed by atoms with Crippen molar-refractivity contribution >= 4 is 29.5 Å². The summed E-state index contributed by atoms with van der Waals surface area (Å²) in [6.45, 7) is 5.95. The summed E-state index contributed by atoms with van der Waals surface area (Å²) < 4.78 is 53.1. The second-order valence-electron chi connectivity index (χ2n) is 10.1. The highest BCUT2D eigenvalue weighted by Crippen LogP contribution is 2.39. The molecule has 3 aliphatic rings. The number of carbonyl (C=O) groups excluding carboxylic acids is 2. The Morgan fingerprint density at radius 2 is 1.93 bits per heavy atom. The van der Waals surface area contributed by atoms with Gasteiger partial charge in [0.1, 0.15) is 17.2 Å². The maximum absolute atomic E-state index is 14.0. The molecule has 3 N–H and O–H groups in total. The predicted octanol–water partition coefficient (Wildman–Crippen LogP) is 4.75. The normalized spacial score (nSPS) is 19.2.